The van der Waals surface area contributed by atoms with Crippen LogP contribution in [0, 0.1) is 0 Å². The van der Waals surface area contributed by atoms with Gasteiger partial charge in [-0.05, 0) is 62.4 Å². The van der Waals surface area contributed by atoms with Crippen molar-refractivity contribution in [2.24, 2.45) is 0 Å². The van der Waals surface area contributed by atoms with Gasteiger partial charge >= 0.3 is 0 Å². The highest BCUT2D eigenvalue weighted by atomic mass is 16.1. The van der Waals surface area contributed by atoms with Crippen LogP contribution in [0.2, 0.25) is 0 Å². The molecule has 2 rings (SSSR count). The van der Waals surface area contributed by atoms with Gasteiger partial charge in [-0.1, -0.05) is 0 Å². The molecule has 5 nitrogen and oxygen atoms in total. The van der Waals surface area contributed by atoms with Crippen LogP contribution in [0.25, 0.3) is 0 Å². The monoisotopic (exact) mass is 340 g/mol. The maximum Gasteiger partial charge on any atom is 0.243 e. The SMILES string of the molecule is CCN(CC)c1ccc(NCC(=O)Nc2ccc(N(C)C)cc2)cc1. The zero-order valence-corrected chi connectivity index (χ0v) is 15.5. The minimum absolute atomic E-state index is 0.0644. The Morgan fingerprint density at radius 2 is 1.36 bits per heavy atom. The Morgan fingerprint density at radius 1 is 0.840 bits per heavy atom. The van der Waals surface area contributed by atoms with E-state index >= 15 is 0 Å². The third-order valence-electron chi connectivity index (χ3n) is 4.12. The fourth-order valence-corrected chi connectivity index (χ4v) is 2.61. The highest BCUT2D eigenvalue weighted by molar-refractivity contribution is 5.93. The van der Waals surface area contributed by atoms with E-state index < -0.39 is 0 Å². The molecule has 25 heavy (non-hydrogen) atoms. The molecule has 2 aromatic carbocycles. The predicted molar refractivity (Wildman–Crippen MR) is 108 cm³/mol. The molecule has 0 aromatic heterocycles. The number of hydrogen-bond acceptors (Lipinski definition) is 4. The lowest BCUT2D eigenvalue weighted by Gasteiger charge is -2.21. The van der Waals surface area contributed by atoms with Crippen LogP contribution < -0.4 is 20.4 Å². The fraction of sp³-hybridized carbons (Fsp3) is 0.350. The van der Waals surface area contributed by atoms with Gasteiger partial charge in [-0.25, -0.2) is 0 Å². The molecule has 1 amide bonds. The van der Waals surface area contributed by atoms with Crippen LogP contribution in [0.4, 0.5) is 22.7 Å². The third-order valence-corrected chi connectivity index (χ3v) is 4.12. The number of anilines is 4. The Balaban J connectivity index is 1.85. The second-order valence-electron chi connectivity index (χ2n) is 6.06. The van der Waals surface area contributed by atoms with E-state index in [4.69, 9.17) is 0 Å². The first-order valence-electron chi connectivity index (χ1n) is 8.69. The number of nitrogens with zero attached hydrogens (tertiary/aromatic N) is 2. The molecule has 0 atom stereocenters. The molecule has 0 spiro atoms. The Kier molecular flexibility index (Phi) is 6.69. The van der Waals surface area contributed by atoms with Gasteiger partial charge in [-0.3, -0.25) is 4.79 Å². The van der Waals surface area contributed by atoms with Gasteiger partial charge in [0.1, 0.15) is 0 Å². The van der Waals surface area contributed by atoms with Crippen molar-refractivity contribution < 1.29 is 4.79 Å². The summed E-state index contributed by atoms with van der Waals surface area (Å²) in [5, 5.41) is 6.06. The lowest BCUT2D eigenvalue weighted by Crippen LogP contribution is -2.22. The standard InChI is InChI=1S/C20H28N4O/c1-5-24(6-2)19-13-7-16(8-14-19)21-15-20(25)22-17-9-11-18(12-10-17)23(3)4/h7-14,21H,5-6,15H2,1-4H3,(H,22,25). The normalized spacial score (nSPS) is 10.2. The van der Waals surface area contributed by atoms with Gasteiger partial charge in [0.05, 0.1) is 6.54 Å². The number of rotatable bonds is 8. The zero-order chi connectivity index (χ0) is 18.2. The average molecular weight is 340 g/mol. The Bertz CT molecular complexity index is 661. The molecule has 134 valence electrons. The molecule has 0 saturated carbocycles. The van der Waals surface area contributed by atoms with Crippen molar-refractivity contribution in [1.82, 2.24) is 0 Å². The first kappa shape index (κ1) is 18.6. The molecule has 2 N–H and O–H groups in total. The summed E-state index contributed by atoms with van der Waals surface area (Å²) in [6.07, 6.45) is 0. The number of carbonyl (C=O) groups excluding carboxylic acids is 1. The van der Waals surface area contributed by atoms with Crippen LogP contribution in [0.15, 0.2) is 48.5 Å². The van der Waals surface area contributed by atoms with E-state index in [0.29, 0.717) is 0 Å². The Hall–Kier alpha value is -2.69. The molecule has 0 aliphatic heterocycles. The van der Waals surface area contributed by atoms with Gasteiger partial charge in [0.2, 0.25) is 5.91 Å². The smallest absolute Gasteiger partial charge is 0.243 e. The second-order valence-corrected chi connectivity index (χ2v) is 6.06. The van der Waals surface area contributed by atoms with Crippen LogP contribution in [0.5, 0.6) is 0 Å². The van der Waals surface area contributed by atoms with E-state index in [0.717, 1.165) is 30.2 Å². The molecule has 0 aliphatic rings. The Morgan fingerprint density at radius 3 is 1.88 bits per heavy atom. The van der Waals surface area contributed by atoms with Crippen molar-refractivity contribution in [3.8, 4) is 0 Å². The Labute approximate surface area is 150 Å². The van der Waals surface area contributed by atoms with Crippen LogP contribution in [0.3, 0.4) is 0 Å². The van der Waals surface area contributed by atoms with E-state index in [1.807, 2.05) is 55.4 Å². The summed E-state index contributed by atoms with van der Waals surface area (Å²) >= 11 is 0. The molecule has 0 heterocycles. The molecule has 0 radical (unpaired) electrons. The van der Waals surface area contributed by atoms with E-state index in [1.54, 1.807) is 0 Å². The number of hydrogen-bond donors (Lipinski definition) is 2. The summed E-state index contributed by atoms with van der Waals surface area (Å²) in [6.45, 7) is 6.49. The maximum atomic E-state index is 12.1. The third kappa shape index (κ3) is 5.41. The molecule has 2 aromatic rings. The van der Waals surface area contributed by atoms with Crippen molar-refractivity contribution >= 4 is 28.7 Å². The number of benzene rings is 2. The summed E-state index contributed by atoms with van der Waals surface area (Å²) in [6, 6.07) is 15.9. The maximum absolute atomic E-state index is 12.1. The van der Waals surface area contributed by atoms with E-state index in [1.165, 1.54) is 5.69 Å². The summed E-state index contributed by atoms with van der Waals surface area (Å²) in [4.78, 5) is 16.4. The minimum atomic E-state index is -0.0644. The van der Waals surface area contributed by atoms with Crippen molar-refractivity contribution in [2.45, 2.75) is 13.8 Å². The molecule has 0 aliphatic carbocycles. The summed E-state index contributed by atoms with van der Waals surface area (Å²) in [7, 11) is 3.98. The van der Waals surface area contributed by atoms with E-state index in [-0.39, 0.29) is 12.5 Å². The van der Waals surface area contributed by atoms with Crippen LogP contribution in [-0.2, 0) is 4.79 Å². The first-order chi connectivity index (χ1) is 12.0. The quantitative estimate of drug-likeness (QED) is 0.770. The average Bonchev–Trinajstić information content (AvgIpc) is 2.62. The molecule has 0 fully saturated rings. The lowest BCUT2D eigenvalue weighted by molar-refractivity contribution is -0.114. The molecule has 5 heteroatoms. The lowest BCUT2D eigenvalue weighted by atomic mass is 10.2. The molecule has 0 bridgehead atoms. The second kappa shape index (κ2) is 8.97. The van der Waals surface area contributed by atoms with Gasteiger partial charge < -0.3 is 20.4 Å². The van der Waals surface area contributed by atoms with Crippen LogP contribution >= 0.6 is 0 Å². The number of carbonyl (C=O) groups is 1. The molecule has 0 saturated heterocycles. The van der Waals surface area contributed by atoms with E-state index in [2.05, 4.69) is 41.5 Å². The highest BCUT2D eigenvalue weighted by Gasteiger charge is 2.04. The van der Waals surface area contributed by atoms with Crippen molar-refractivity contribution in [3.63, 3.8) is 0 Å². The minimum Gasteiger partial charge on any atom is -0.378 e. The van der Waals surface area contributed by atoms with Crippen molar-refractivity contribution in [1.29, 1.82) is 0 Å². The van der Waals surface area contributed by atoms with Crippen molar-refractivity contribution in [3.05, 3.63) is 48.5 Å². The van der Waals surface area contributed by atoms with Crippen molar-refractivity contribution in [2.75, 3.05) is 54.2 Å². The predicted octanol–water partition coefficient (Wildman–Crippen LogP) is 3.65. The van der Waals surface area contributed by atoms with Gasteiger partial charge in [0.25, 0.3) is 0 Å². The molecular weight excluding hydrogens is 312 g/mol. The molecule has 0 unspecified atom stereocenters. The highest BCUT2D eigenvalue weighted by Crippen LogP contribution is 2.18. The zero-order valence-electron chi connectivity index (χ0n) is 15.5. The number of amides is 1. The fourth-order valence-electron chi connectivity index (χ4n) is 2.61. The van der Waals surface area contributed by atoms with Crippen LogP contribution in [0.1, 0.15) is 13.8 Å². The van der Waals surface area contributed by atoms with Gasteiger partial charge in [-0.2, -0.15) is 0 Å². The summed E-state index contributed by atoms with van der Waals surface area (Å²) < 4.78 is 0. The topological polar surface area (TPSA) is 47.6 Å². The van der Waals surface area contributed by atoms with Crippen LogP contribution in [-0.4, -0.2) is 39.6 Å². The van der Waals surface area contributed by atoms with Gasteiger partial charge in [0, 0.05) is 49.9 Å². The largest absolute Gasteiger partial charge is 0.378 e. The van der Waals surface area contributed by atoms with Gasteiger partial charge in [0.15, 0.2) is 0 Å². The van der Waals surface area contributed by atoms with Gasteiger partial charge in [-0.15, -0.1) is 0 Å². The number of nitrogens with one attached hydrogen (secondary N) is 2. The van der Waals surface area contributed by atoms with E-state index in [9.17, 15) is 4.79 Å². The summed E-state index contributed by atoms with van der Waals surface area (Å²) in [5.74, 6) is -0.0644. The molecular formula is C20H28N4O. The first-order valence-corrected chi connectivity index (χ1v) is 8.69. The summed E-state index contributed by atoms with van der Waals surface area (Å²) in [5.41, 5.74) is 4.04.